The third kappa shape index (κ3) is 4.56. The molecule has 1 aromatic rings. The molecule has 0 saturated carbocycles. The van der Waals surface area contributed by atoms with E-state index in [2.05, 4.69) is 11.9 Å². The quantitative estimate of drug-likeness (QED) is 0.646. The first-order valence-corrected chi connectivity index (χ1v) is 5.93. The molecule has 0 aliphatic heterocycles. The Balaban J connectivity index is 2.66. The highest BCUT2D eigenvalue weighted by molar-refractivity contribution is 5.86. The van der Waals surface area contributed by atoms with E-state index in [0.29, 0.717) is 12.0 Å². The summed E-state index contributed by atoms with van der Waals surface area (Å²) >= 11 is 0. The van der Waals surface area contributed by atoms with Gasteiger partial charge in [-0.15, -0.1) is 6.58 Å². The van der Waals surface area contributed by atoms with Gasteiger partial charge in [-0.2, -0.15) is 0 Å². The van der Waals surface area contributed by atoms with Crippen molar-refractivity contribution in [1.82, 2.24) is 5.32 Å². The van der Waals surface area contributed by atoms with Crippen LogP contribution < -0.4 is 5.32 Å². The Morgan fingerprint density at radius 1 is 1.32 bits per heavy atom. The topological polar surface area (TPSA) is 86.6 Å². The van der Waals surface area contributed by atoms with Crippen molar-refractivity contribution in [3.8, 4) is 0 Å². The van der Waals surface area contributed by atoms with Crippen LogP contribution >= 0.6 is 0 Å². The van der Waals surface area contributed by atoms with Crippen LogP contribution in [0.1, 0.15) is 24.5 Å². The maximum absolute atomic E-state index is 11.8. The van der Waals surface area contributed by atoms with E-state index in [-0.39, 0.29) is 6.42 Å². The lowest BCUT2D eigenvalue weighted by atomic mass is 10.1. The van der Waals surface area contributed by atoms with Crippen LogP contribution in [-0.2, 0) is 9.59 Å². The molecule has 1 aromatic carbocycles. The van der Waals surface area contributed by atoms with Crippen molar-refractivity contribution in [1.29, 1.82) is 0 Å². The lowest BCUT2D eigenvalue weighted by Gasteiger charge is -2.16. The summed E-state index contributed by atoms with van der Waals surface area (Å²) in [7, 11) is 0. The Bertz CT molecular complexity index is 444. The highest BCUT2D eigenvalue weighted by Crippen LogP contribution is 2.12. The lowest BCUT2D eigenvalue weighted by Crippen LogP contribution is -2.43. The molecule has 0 saturated heterocycles. The number of aliphatic hydroxyl groups excluding tert-OH is 1. The van der Waals surface area contributed by atoms with Gasteiger partial charge in [-0.3, -0.25) is 4.79 Å². The molecule has 102 valence electrons. The van der Waals surface area contributed by atoms with Crippen molar-refractivity contribution in [2.75, 3.05) is 0 Å². The second-order valence-corrected chi connectivity index (χ2v) is 4.08. The minimum atomic E-state index is -1.37. The van der Waals surface area contributed by atoms with Crippen LogP contribution in [0.2, 0.25) is 0 Å². The number of amides is 1. The van der Waals surface area contributed by atoms with Crippen LogP contribution in [0.15, 0.2) is 43.0 Å². The highest BCUT2D eigenvalue weighted by Gasteiger charge is 2.24. The number of hydrogen-bond acceptors (Lipinski definition) is 3. The van der Waals surface area contributed by atoms with E-state index >= 15 is 0 Å². The van der Waals surface area contributed by atoms with Gasteiger partial charge in [-0.1, -0.05) is 36.4 Å². The molecule has 5 heteroatoms. The molecule has 0 heterocycles. The van der Waals surface area contributed by atoms with Gasteiger partial charge in [0.25, 0.3) is 5.91 Å². The second-order valence-electron chi connectivity index (χ2n) is 4.08. The van der Waals surface area contributed by atoms with Gasteiger partial charge >= 0.3 is 5.97 Å². The van der Waals surface area contributed by atoms with Crippen LogP contribution in [-0.4, -0.2) is 28.1 Å². The molecular formula is C14H17NO4. The van der Waals surface area contributed by atoms with Gasteiger partial charge in [0.15, 0.2) is 6.10 Å². The van der Waals surface area contributed by atoms with Gasteiger partial charge in [0.1, 0.15) is 6.04 Å². The predicted molar refractivity (Wildman–Crippen MR) is 70.4 cm³/mol. The Kier molecular flexibility index (Phi) is 5.75. The maximum atomic E-state index is 11.8. The summed E-state index contributed by atoms with van der Waals surface area (Å²) in [6.07, 6.45) is 0.923. The number of rotatable bonds is 7. The number of hydrogen-bond donors (Lipinski definition) is 3. The maximum Gasteiger partial charge on any atom is 0.326 e. The molecule has 0 unspecified atom stereocenters. The number of aliphatic carboxylic acids is 1. The minimum Gasteiger partial charge on any atom is -0.480 e. The molecule has 0 aliphatic carbocycles. The average Bonchev–Trinajstić information content (AvgIpc) is 2.43. The molecule has 1 rings (SSSR count). The summed E-state index contributed by atoms with van der Waals surface area (Å²) < 4.78 is 0. The van der Waals surface area contributed by atoms with Crippen molar-refractivity contribution >= 4 is 11.9 Å². The zero-order valence-corrected chi connectivity index (χ0v) is 10.5. The van der Waals surface area contributed by atoms with Crippen LogP contribution in [0.3, 0.4) is 0 Å². The second kappa shape index (κ2) is 7.33. The summed E-state index contributed by atoms with van der Waals surface area (Å²) in [4.78, 5) is 22.7. The van der Waals surface area contributed by atoms with Crippen LogP contribution in [0.4, 0.5) is 0 Å². The Morgan fingerprint density at radius 3 is 2.47 bits per heavy atom. The summed E-state index contributed by atoms with van der Waals surface area (Å²) in [6, 6.07) is 7.33. The van der Waals surface area contributed by atoms with Gasteiger partial charge in [-0.05, 0) is 18.4 Å². The lowest BCUT2D eigenvalue weighted by molar-refractivity contribution is -0.143. The van der Waals surface area contributed by atoms with E-state index in [4.69, 9.17) is 5.11 Å². The van der Waals surface area contributed by atoms with Crippen LogP contribution in [0, 0.1) is 0 Å². The number of aliphatic hydroxyl groups is 1. The number of carbonyl (C=O) groups excluding carboxylic acids is 1. The number of carboxylic acids is 1. The fourth-order valence-corrected chi connectivity index (χ4v) is 1.58. The molecule has 0 aromatic heterocycles. The van der Waals surface area contributed by atoms with Crippen molar-refractivity contribution < 1.29 is 19.8 Å². The van der Waals surface area contributed by atoms with E-state index in [1.807, 2.05) is 0 Å². The van der Waals surface area contributed by atoms with Crippen molar-refractivity contribution in [2.45, 2.75) is 25.0 Å². The Morgan fingerprint density at radius 2 is 1.95 bits per heavy atom. The SMILES string of the molecule is C=CCC[C@H](NC(=O)[C@@H](O)c1ccccc1)C(=O)O. The van der Waals surface area contributed by atoms with Gasteiger partial charge < -0.3 is 15.5 Å². The molecule has 3 N–H and O–H groups in total. The molecule has 0 radical (unpaired) electrons. The standard InChI is InChI=1S/C14H17NO4/c1-2-3-9-11(14(18)19)15-13(17)12(16)10-7-5-4-6-8-10/h2,4-8,11-12,16H,1,3,9H2,(H,15,17)(H,18,19)/t11-,12-/m0/s1. The normalized spacial score (nSPS) is 13.3. The van der Waals surface area contributed by atoms with E-state index in [9.17, 15) is 14.7 Å². The zero-order chi connectivity index (χ0) is 14.3. The average molecular weight is 263 g/mol. The molecule has 0 aliphatic rings. The number of carbonyl (C=O) groups is 2. The summed E-state index contributed by atoms with van der Waals surface area (Å²) in [5, 5.41) is 21.1. The first-order chi connectivity index (χ1) is 9.06. The van der Waals surface area contributed by atoms with E-state index < -0.39 is 24.0 Å². The summed E-state index contributed by atoms with van der Waals surface area (Å²) in [5.74, 6) is -1.85. The van der Waals surface area contributed by atoms with Crippen molar-refractivity contribution in [2.24, 2.45) is 0 Å². The van der Waals surface area contributed by atoms with E-state index in [0.717, 1.165) is 0 Å². The highest BCUT2D eigenvalue weighted by atomic mass is 16.4. The third-order valence-electron chi connectivity index (χ3n) is 2.64. The van der Waals surface area contributed by atoms with Gasteiger partial charge in [0.2, 0.25) is 0 Å². The third-order valence-corrected chi connectivity index (χ3v) is 2.64. The first kappa shape index (κ1) is 14.9. The molecule has 0 spiro atoms. The number of benzene rings is 1. The number of carboxylic acid groups (broad SMARTS) is 1. The van der Waals surface area contributed by atoms with Crippen LogP contribution in [0.25, 0.3) is 0 Å². The molecule has 0 fully saturated rings. The van der Waals surface area contributed by atoms with Gasteiger partial charge in [0, 0.05) is 0 Å². The largest absolute Gasteiger partial charge is 0.480 e. The molecular weight excluding hydrogens is 246 g/mol. The predicted octanol–water partition coefficient (Wildman–Crippen LogP) is 1.26. The zero-order valence-electron chi connectivity index (χ0n) is 10.5. The Labute approximate surface area is 111 Å². The molecule has 19 heavy (non-hydrogen) atoms. The van der Waals surface area contributed by atoms with Crippen LogP contribution in [0.5, 0.6) is 0 Å². The fourth-order valence-electron chi connectivity index (χ4n) is 1.58. The minimum absolute atomic E-state index is 0.242. The fraction of sp³-hybridized carbons (Fsp3) is 0.286. The smallest absolute Gasteiger partial charge is 0.326 e. The van der Waals surface area contributed by atoms with Gasteiger partial charge in [-0.25, -0.2) is 4.79 Å². The van der Waals surface area contributed by atoms with Crippen molar-refractivity contribution in [3.63, 3.8) is 0 Å². The number of nitrogens with one attached hydrogen (secondary N) is 1. The molecule has 0 bridgehead atoms. The first-order valence-electron chi connectivity index (χ1n) is 5.93. The summed E-state index contributed by atoms with van der Waals surface area (Å²) in [5.41, 5.74) is 0.424. The van der Waals surface area contributed by atoms with Crippen molar-refractivity contribution in [3.05, 3.63) is 48.6 Å². The molecule has 1 amide bonds. The Hall–Kier alpha value is -2.14. The molecule has 5 nitrogen and oxygen atoms in total. The van der Waals surface area contributed by atoms with E-state index in [1.165, 1.54) is 0 Å². The van der Waals surface area contributed by atoms with Gasteiger partial charge in [0.05, 0.1) is 0 Å². The molecule has 2 atom stereocenters. The van der Waals surface area contributed by atoms with E-state index in [1.54, 1.807) is 36.4 Å². The monoisotopic (exact) mass is 263 g/mol. The summed E-state index contributed by atoms with van der Waals surface area (Å²) in [6.45, 7) is 3.50. The number of allylic oxidation sites excluding steroid dienone is 1.